The molecule has 2 aromatic heterocycles. The first-order valence-corrected chi connectivity index (χ1v) is 7.71. The zero-order valence-corrected chi connectivity index (χ0v) is 13.1. The van der Waals surface area contributed by atoms with Crippen LogP contribution in [0.4, 0.5) is 5.82 Å². The molecular formula is C18H20N4O. The van der Waals surface area contributed by atoms with E-state index in [9.17, 15) is 5.11 Å². The molecular weight excluding hydrogens is 288 g/mol. The third-order valence-corrected chi connectivity index (χ3v) is 3.56. The second kappa shape index (κ2) is 6.96. The number of rotatable bonds is 6. The molecule has 0 aliphatic rings. The van der Waals surface area contributed by atoms with Crippen molar-refractivity contribution >= 4 is 5.82 Å². The van der Waals surface area contributed by atoms with Gasteiger partial charge >= 0.3 is 0 Å². The van der Waals surface area contributed by atoms with Crippen molar-refractivity contribution in [3.63, 3.8) is 0 Å². The van der Waals surface area contributed by atoms with Crippen LogP contribution in [0.15, 0.2) is 54.9 Å². The number of aryl methyl sites for hydroxylation is 2. The molecule has 2 N–H and O–H groups in total. The molecule has 0 aliphatic heterocycles. The van der Waals surface area contributed by atoms with Crippen LogP contribution in [-0.4, -0.2) is 26.2 Å². The molecule has 0 radical (unpaired) electrons. The number of nitrogens with zero attached hydrogens (tertiary/aromatic N) is 3. The van der Waals surface area contributed by atoms with Gasteiger partial charge in [-0.25, -0.2) is 9.97 Å². The number of hydrogen-bond acceptors (Lipinski definition) is 4. The SMILES string of the molecule is Cc1cc(NCCCn2cccc2)nc(-c2ccccc2O)n1. The normalized spacial score (nSPS) is 10.7. The monoisotopic (exact) mass is 308 g/mol. The quantitative estimate of drug-likeness (QED) is 0.685. The van der Waals surface area contributed by atoms with Gasteiger partial charge in [0.25, 0.3) is 0 Å². The van der Waals surface area contributed by atoms with Crippen molar-refractivity contribution in [3.05, 3.63) is 60.6 Å². The van der Waals surface area contributed by atoms with E-state index < -0.39 is 0 Å². The molecule has 0 saturated carbocycles. The Labute approximate surface area is 135 Å². The van der Waals surface area contributed by atoms with Gasteiger partial charge in [0.2, 0.25) is 0 Å². The maximum atomic E-state index is 9.96. The van der Waals surface area contributed by atoms with Crippen LogP contribution in [0.1, 0.15) is 12.1 Å². The summed E-state index contributed by atoms with van der Waals surface area (Å²) in [5.41, 5.74) is 1.51. The van der Waals surface area contributed by atoms with E-state index in [0.717, 1.165) is 31.0 Å². The van der Waals surface area contributed by atoms with Crippen molar-refractivity contribution in [2.24, 2.45) is 0 Å². The van der Waals surface area contributed by atoms with Crippen molar-refractivity contribution in [3.8, 4) is 17.1 Å². The van der Waals surface area contributed by atoms with Crippen molar-refractivity contribution < 1.29 is 5.11 Å². The van der Waals surface area contributed by atoms with Crippen LogP contribution in [-0.2, 0) is 6.54 Å². The molecule has 3 rings (SSSR count). The Morgan fingerprint density at radius 2 is 1.87 bits per heavy atom. The van der Waals surface area contributed by atoms with Gasteiger partial charge in [0.1, 0.15) is 11.6 Å². The van der Waals surface area contributed by atoms with Crippen LogP contribution in [0.3, 0.4) is 0 Å². The lowest BCUT2D eigenvalue weighted by molar-refractivity contribution is 0.477. The molecule has 1 aromatic carbocycles. The number of aromatic hydroxyl groups is 1. The van der Waals surface area contributed by atoms with Crippen molar-refractivity contribution in [1.29, 1.82) is 0 Å². The number of nitrogens with one attached hydrogen (secondary N) is 1. The maximum Gasteiger partial charge on any atom is 0.165 e. The molecule has 23 heavy (non-hydrogen) atoms. The summed E-state index contributed by atoms with van der Waals surface area (Å²) >= 11 is 0. The number of phenols is 1. The van der Waals surface area contributed by atoms with Gasteiger partial charge in [-0.1, -0.05) is 12.1 Å². The number of hydrogen-bond donors (Lipinski definition) is 2. The molecule has 5 nitrogen and oxygen atoms in total. The summed E-state index contributed by atoms with van der Waals surface area (Å²) in [5.74, 6) is 1.51. The standard InChI is InChI=1S/C18H20N4O/c1-14-13-17(19-9-6-12-22-10-4-5-11-22)21-18(20-14)15-7-2-3-8-16(15)23/h2-5,7-8,10-11,13,23H,6,9,12H2,1H3,(H,19,20,21). The lowest BCUT2D eigenvalue weighted by Gasteiger charge is -2.10. The highest BCUT2D eigenvalue weighted by molar-refractivity contribution is 5.64. The fourth-order valence-electron chi connectivity index (χ4n) is 2.44. The smallest absolute Gasteiger partial charge is 0.165 e. The van der Waals surface area contributed by atoms with E-state index in [1.165, 1.54) is 0 Å². The van der Waals surface area contributed by atoms with Gasteiger partial charge in [0.15, 0.2) is 5.82 Å². The van der Waals surface area contributed by atoms with Gasteiger partial charge in [-0.2, -0.15) is 0 Å². The minimum atomic E-state index is 0.191. The summed E-state index contributed by atoms with van der Waals surface area (Å²) in [7, 11) is 0. The summed E-state index contributed by atoms with van der Waals surface area (Å²) in [5, 5.41) is 13.3. The zero-order valence-electron chi connectivity index (χ0n) is 13.1. The summed E-state index contributed by atoms with van der Waals surface area (Å²) in [6, 6.07) is 13.1. The Morgan fingerprint density at radius 3 is 2.65 bits per heavy atom. The van der Waals surface area contributed by atoms with Gasteiger partial charge in [0, 0.05) is 37.2 Å². The Bertz CT molecular complexity index is 768. The Hall–Kier alpha value is -2.82. The molecule has 0 saturated heterocycles. The predicted octanol–water partition coefficient (Wildman–Crippen LogP) is 3.46. The number of benzene rings is 1. The first-order valence-electron chi connectivity index (χ1n) is 7.71. The third kappa shape index (κ3) is 3.88. The molecule has 0 spiro atoms. The molecule has 0 atom stereocenters. The highest BCUT2D eigenvalue weighted by Gasteiger charge is 2.08. The van der Waals surface area contributed by atoms with E-state index in [1.807, 2.05) is 37.3 Å². The summed E-state index contributed by atoms with van der Waals surface area (Å²) < 4.78 is 2.15. The fraction of sp³-hybridized carbons (Fsp3) is 0.222. The number of para-hydroxylation sites is 1. The topological polar surface area (TPSA) is 63.0 Å². The second-order valence-electron chi connectivity index (χ2n) is 5.44. The molecule has 0 amide bonds. The van der Waals surface area contributed by atoms with Gasteiger partial charge < -0.3 is 15.0 Å². The number of anilines is 1. The summed E-state index contributed by atoms with van der Waals surface area (Å²) in [6.07, 6.45) is 5.12. The van der Waals surface area contributed by atoms with Gasteiger partial charge in [-0.15, -0.1) is 0 Å². The third-order valence-electron chi connectivity index (χ3n) is 3.56. The van der Waals surface area contributed by atoms with Crippen LogP contribution in [0.5, 0.6) is 5.75 Å². The Morgan fingerprint density at radius 1 is 1.09 bits per heavy atom. The van der Waals surface area contributed by atoms with E-state index in [1.54, 1.807) is 12.1 Å². The fourth-order valence-corrected chi connectivity index (χ4v) is 2.44. The Balaban J connectivity index is 1.67. The number of aromatic nitrogens is 3. The zero-order chi connectivity index (χ0) is 16.1. The van der Waals surface area contributed by atoms with Gasteiger partial charge in [-0.05, 0) is 37.6 Å². The first kappa shape index (κ1) is 15.1. The van der Waals surface area contributed by atoms with Crippen LogP contribution >= 0.6 is 0 Å². The van der Waals surface area contributed by atoms with Crippen LogP contribution in [0, 0.1) is 6.92 Å². The van der Waals surface area contributed by atoms with E-state index in [0.29, 0.717) is 11.4 Å². The lowest BCUT2D eigenvalue weighted by atomic mass is 10.2. The number of phenolic OH excluding ortho intramolecular Hbond substituents is 1. The molecule has 0 fully saturated rings. The second-order valence-corrected chi connectivity index (χ2v) is 5.44. The average molecular weight is 308 g/mol. The Kier molecular flexibility index (Phi) is 4.57. The van der Waals surface area contributed by atoms with E-state index >= 15 is 0 Å². The molecule has 2 heterocycles. The molecule has 5 heteroatoms. The lowest BCUT2D eigenvalue weighted by Crippen LogP contribution is -2.08. The minimum Gasteiger partial charge on any atom is -0.507 e. The molecule has 0 unspecified atom stereocenters. The van der Waals surface area contributed by atoms with Crippen LogP contribution in [0.25, 0.3) is 11.4 Å². The minimum absolute atomic E-state index is 0.191. The molecule has 118 valence electrons. The van der Waals surface area contributed by atoms with Crippen LogP contribution < -0.4 is 5.32 Å². The average Bonchev–Trinajstić information content (AvgIpc) is 3.05. The van der Waals surface area contributed by atoms with E-state index in [2.05, 4.69) is 32.2 Å². The van der Waals surface area contributed by atoms with Gasteiger partial charge in [-0.3, -0.25) is 0 Å². The maximum absolute atomic E-state index is 9.96. The van der Waals surface area contributed by atoms with Crippen molar-refractivity contribution in [1.82, 2.24) is 14.5 Å². The van der Waals surface area contributed by atoms with Crippen molar-refractivity contribution in [2.75, 3.05) is 11.9 Å². The first-order chi connectivity index (χ1) is 11.2. The molecule has 3 aromatic rings. The van der Waals surface area contributed by atoms with Crippen LogP contribution in [0.2, 0.25) is 0 Å². The highest BCUT2D eigenvalue weighted by Crippen LogP contribution is 2.26. The largest absolute Gasteiger partial charge is 0.507 e. The van der Waals surface area contributed by atoms with E-state index in [-0.39, 0.29) is 5.75 Å². The predicted molar refractivity (Wildman–Crippen MR) is 91.4 cm³/mol. The summed E-state index contributed by atoms with van der Waals surface area (Å²) in [6.45, 7) is 3.72. The highest BCUT2D eigenvalue weighted by atomic mass is 16.3. The van der Waals surface area contributed by atoms with E-state index in [4.69, 9.17) is 0 Å². The van der Waals surface area contributed by atoms with Crippen molar-refractivity contribution in [2.45, 2.75) is 19.9 Å². The molecule has 0 bridgehead atoms. The molecule has 0 aliphatic carbocycles. The summed E-state index contributed by atoms with van der Waals surface area (Å²) in [4.78, 5) is 8.93. The van der Waals surface area contributed by atoms with Gasteiger partial charge in [0.05, 0.1) is 5.56 Å².